The Morgan fingerprint density at radius 2 is 2.50 bits per heavy atom. The zero-order valence-corrected chi connectivity index (χ0v) is 7.58. The van der Waals surface area contributed by atoms with E-state index >= 15 is 0 Å². The van der Waals surface area contributed by atoms with E-state index in [0.29, 0.717) is 18.9 Å². The number of amides is 1. The zero-order chi connectivity index (χ0) is 9.97. The lowest BCUT2D eigenvalue weighted by atomic mass is 10.2. The molecular weight excluding hydrogens is 184 g/mol. The van der Waals surface area contributed by atoms with E-state index in [1.54, 1.807) is 0 Å². The van der Waals surface area contributed by atoms with Crippen LogP contribution in [0.3, 0.4) is 0 Å². The maximum absolute atomic E-state index is 10.9. The monoisotopic (exact) mass is 196 g/mol. The molecule has 5 N–H and O–H groups in total. The van der Waals surface area contributed by atoms with Crippen molar-refractivity contribution < 1.29 is 4.79 Å². The molecule has 1 saturated heterocycles. The van der Waals surface area contributed by atoms with E-state index in [9.17, 15) is 4.79 Å². The first kappa shape index (κ1) is 8.79. The van der Waals surface area contributed by atoms with Crippen molar-refractivity contribution in [3.05, 3.63) is 0 Å². The van der Waals surface area contributed by atoms with Gasteiger partial charge in [0.25, 0.3) is 0 Å². The van der Waals surface area contributed by atoms with Crippen LogP contribution in [0.25, 0.3) is 0 Å². The Morgan fingerprint density at radius 3 is 3.07 bits per heavy atom. The molecule has 1 unspecified atom stereocenters. The fourth-order valence-electron chi connectivity index (χ4n) is 1.40. The Labute approximate surface area is 80.5 Å². The van der Waals surface area contributed by atoms with Crippen molar-refractivity contribution in [2.45, 2.75) is 18.9 Å². The Bertz CT molecular complexity index is 335. The first-order valence-electron chi connectivity index (χ1n) is 4.45. The van der Waals surface area contributed by atoms with Gasteiger partial charge in [-0.25, -0.2) is 5.10 Å². The summed E-state index contributed by atoms with van der Waals surface area (Å²) in [4.78, 5) is 14.8. The molecule has 0 bridgehead atoms. The second-order valence-electron chi connectivity index (χ2n) is 3.23. The highest BCUT2D eigenvalue weighted by Gasteiger charge is 2.20. The van der Waals surface area contributed by atoms with Gasteiger partial charge in [-0.1, -0.05) is 0 Å². The Kier molecular flexibility index (Phi) is 2.21. The number of hydrogen-bond acceptors (Lipinski definition) is 5. The third-order valence-electron chi connectivity index (χ3n) is 2.09. The van der Waals surface area contributed by atoms with E-state index < -0.39 is 0 Å². The molecule has 14 heavy (non-hydrogen) atoms. The molecule has 0 saturated carbocycles. The molecule has 7 heteroatoms. The van der Waals surface area contributed by atoms with Gasteiger partial charge in [-0.15, -0.1) is 5.10 Å². The van der Waals surface area contributed by atoms with Crippen molar-refractivity contribution in [1.82, 2.24) is 20.5 Å². The minimum Gasteiger partial charge on any atom is -0.368 e. The van der Waals surface area contributed by atoms with Crippen LogP contribution in [0.15, 0.2) is 0 Å². The lowest BCUT2D eigenvalue weighted by Crippen LogP contribution is -2.32. The molecule has 7 nitrogen and oxygen atoms in total. The van der Waals surface area contributed by atoms with Crippen LogP contribution in [-0.4, -0.2) is 33.7 Å². The highest BCUT2D eigenvalue weighted by Crippen LogP contribution is 2.07. The van der Waals surface area contributed by atoms with E-state index in [1.807, 2.05) is 0 Å². The molecule has 0 spiro atoms. The summed E-state index contributed by atoms with van der Waals surface area (Å²) in [6, 6.07) is 0.169. The molecule has 1 amide bonds. The molecule has 1 aliphatic rings. The predicted octanol–water partition coefficient (Wildman–Crippen LogP) is -0.923. The molecule has 1 aromatic rings. The molecule has 1 atom stereocenters. The van der Waals surface area contributed by atoms with E-state index in [4.69, 9.17) is 5.73 Å². The van der Waals surface area contributed by atoms with Gasteiger partial charge >= 0.3 is 0 Å². The van der Waals surface area contributed by atoms with Crippen molar-refractivity contribution in [2.75, 3.05) is 17.6 Å². The number of carbonyl (C=O) groups excluding carboxylic acids is 1. The first-order valence-corrected chi connectivity index (χ1v) is 4.45. The third kappa shape index (κ3) is 1.93. The Morgan fingerprint density at radius 1 is 1.64 bits per heavy atom. The fraction of sp³-hybridized carbons (Fsp3) is 0.571. The summed E-state index contributed by atoms with van der Waals surface area (Å²) in [7, 11) is 0. The largest absolute Gasteiger partial charge is 0.368 e. The SMILES string of the molecule is Nc1nc(NCC2CCC(=O)N2)n[nH]1. The van der Waals surface area contributed by atoms with Crippen molar-refractivity contribution in [3.8, 4) is 0 Å². The number of hydrogen-bond donors (Lipinski definition) is 4. The van der Waals surface area contributed by atoms with Crippen LogP contribution in [0.2, 0.25) is 0 Å². The lowest BCUT2D eigenvalue weighted by Gasteiger charge is -2.08. The van der Waals surface area contributed by atoms with Crippen molar-refractivity contribution in [2.24, 2.45) is 0 Å². The average Bonchev–Trinajstić information content (AvgIpc) is 2.72. The normalized spacial score (nSPS) is 20.9. The third-order valence-corrected chi connectivity index (χ3v) is 2.09. The summed E-state index contributed by atoms with van der Waals surface area (Å²) in [5.74, 6) is 0.845. The predicted molar refractivity (Wildman–Crippen MR) is 50.4 cm³/mol. The minimum absolute atomic E-state index is 0.103. The number of nitrogen functional groups attached to an aromatic ring is 1. The highest BCUT2D eigenvalue weighted by atomic mass is 16.1. The van der Waals surface area contributed by atoms with Crippen LogP contribution in [-0.2, 0) is 4.79 Å². The lowest BCUT2D eigenvalue weighted by molar-refractivity contribution is -0.119. The summed E-state index contributed by atoms with van der Waals surface area (Å²) < 4.78 is 0. The van der Waals surface area contributed by atoms with E-state index in [-0.39, 0.29) is 17.9 Å². The van der Waals surface area contributed by atoms with Gasteiger partial charge in [-0.2, -0.15) is 4.98 Å². The van der Waals surface area contributed by atoms with E-state index in [1.165, 1.54) is 0 Å². The summed E-state index contributed by atoms with van der Waals surface area (Å²) >= 11 is 0. The fourth-order valence-corrected chi connectivity index (χ4v) is 1.40. The van der Waals surface area contributed by atoms with Crippen LogP contribution in [0.5, 0.6) is 0 Å². The number of anilines is 2. The zero-order valence-electron chi connectivity index (χ0n) is 7.58. The quantitative estimate of drug-likeness (QED) is 0.500. The standard InChI is InChI=1S/C7H12N6O/c8-6-11-7(13-12-6)9-3-4-1-2-5(14)10-4/h4H,1-3H2,(H,10,14)(H4,8,9,11,12,13). The van der Waals surface area contributed by atoms with Crippen molar-refractivity contribution in [1.29, 1.82) is 0 Å². The number of nitrogens with two attached hydrogens (primary N) is 1. The Balaban J connectivity index is 1.80. The van der Waals surface area contributed by atoms with Crippen molar-refractivity contribution in [3.63, 3.8) is 0 Å². The number of aromatic amines is 1. The number of rotatable bonds is 3. The maximum Gasteiger partial charge on any atom is 0.243 e. The number of nitrogens with one attached hydrogen (secondary N) is 3. The molecule has 1 aliphatic heterocycles. The van der Waals surface area contributed by atoms with Gasteiger partial charge in [0, 0.05) is 19.0 Å². The number of aromatic nitrogens is 3. The van der Waals surface area contributed by atoms with Gasteiger partial charge in [-0.3, -0.25) is 4.79 Å². The molecule has 2 rings (SSSR count). The van der Waals surface area contributed by atoms with Gasteiger partial charge < -0.3 is 16.4 Å². The second-order valence-corrected chi connectivity index (χ2v) is 3.23. The molecule has 0 aliphatic carbocycles. The van der Waals surface area contributed by atoms with Crippen LogP contribution in [0.1, 0.15) is 12.8 Å². The minimum atomic E-state index is 0.103. The van der Waals surface area contributed by atoms with Gasteiger partial charge in [0.15, 0.2) is 0 Å². The summed E-state index contributed by atoms with van der Waals surface area (Å²) in [6.07, 6.45) is 1.45. The maximum atomic E-state index is 10.9. The average molecular weight is 196 g/mol. The smallest absolute Gasteiger partial charge is 0.243 e. The molecule has 1 aromatic heterocycles. The summed E-state index contributed by atoms with van der Waals surface area (Å²) in [6.45, 7) is 0.628. The van der Waals surface area contributed by atoms with Gasteiger partial charge in [-0.05, 0) is 6.42 Å². The van der Waals surface area contributed by atoms with Gasteiger partial charge in [0.05, 0.1) is 0 Å². The van der Waals surface area contributed by atoms with Gasteiger partial charge in [0.2, 0.25) is 17.8 Å². The molecule has 0 radical (unpaired) electrons. The number of nitrogens with zero attached hydrogens (tertiary/aromatic N) is 2. The van der Waals surface area contributed by atoms with Crippen LogP contribution in [0.4, 0.5) is 11.9 Å². The molecule has 1 fully saturated rings. The molecule has 76 valence electrons. The summed E-state index contributed by atoms with van der Waals surface area (Å²) in [5, 5.41) is 12.1. The number of carbonyl (C=O) groups is 1. The molecular formula is C7H12N6O. The molecule has 2 heterocycles. The highest BCUT2D eigenvalue weighted by molar-refractivity contribution is 5.78. The second kappa shape index (κ2) is 3.52. The van der Waals surface area contributed by atoms with Crippen LogP contribution in [0, 0.1) is 0 Å². The topological polar surface area (TPSA) is 109 Å². The van der Waals surface area contributed by atoms with Crippen LogP contribution < -0.4 is 16.4 Å². The number of H-pyrrole nitrogens is 1. The summed E-state index contributed by atoms with van der Waals surface area (Å²) in [5.41, 5.74) is 5.35. The van der Waals surface area contributed by atoms with Crippen molar-refractivity contribution >= 4 is 17.8 Å². The first-order chi connectivity index (χ1) is 6.74. The van der Waals surface area contributed by atoms with Gasteiger partial charge in [0.1, 0.15) is 0 Å². The molecule has 0 aromatic carbocycles. The Hall–Kier alpha value is -1.79. The van der Waals surface area contributed by atoms with Crippen LogP contribution >= 0.6 is 0 Å². The van der Waals surface area contributed by atoms with E-state index in [0.717, 1.165) is 6.42 Å². The van der Waals surface area contributed by atoms with E-state index in [2.05, 4.69) is 25.8 Å².